The molecule has 0 bridgehead atoms. The summed E-state index contributed by atoms with van der Waals surface area (Å²) in [5, 5.41) is 32.9. The molecule has 3 nitrogen and oxygen atoms in total. The van der Waals surface area contributed by atoms with Gasteiger partial charge < -0.3 is 15.3 Å². The van der Waals surface area contributed by atoms with Crippen LogP contribution in [0.3, 0.4) is 0 Å². The summed E-state index contributed by atoms with van der Waals surface area (Å²) in [6.07, 6.45) is 0. The third-order valence-electron chi connectivity index (χ3n) is 4.23. The Labute approximate surface area is 179 Å². The quantitative estimate of drug-likeness (QED) is 0.549. The monoisotopic (exact) mass is 390 g/mol. The van der Waals surface area contributed by atoms with Gasteiger partial charge in [0.25, 0.3) is 0 Å². The van der Waals surface area contributed by atoms with Gasteiger partial charge >= 0.3 is 17.4 Å². The van der Waals surface area contributed by atoms with Crippen molar-refractivity contribution < 1.29 is 15.3 Å². The van der Waals surface area contributed by atoms with Crippen molar-refractivity contribution in [2.75, 3.05) is 0 Å². The molecule has 0 N–H and O–H groups in total. The zero-order valence-electron chi connectivity index (χ0n) is 17.5. The van der Waals surface area contributed by atoms with Crippen molar-refractivity contribution in [1.82, 2.24) is 0 Å². The Morgan fingerprint density at radius 1 is 0.393 bits per heavy atom. The van der Waals surface area contributed by atoms with Crippen LogP contribution in [0.2, 0.25) is 0 Å². The molecule has 0 saturated carbocycles. The molecule has 0 radical (unpaired) electrons. The van der Waals surface area contributed by atoms with Crippen molar-refractivity contribution in [3.8, 4) is 17.2 Å². The van der Waals surface area contributed by atoms with E-state index in [2.05, 4.69) is 0 Å². The molecule has 0 heterocycles. The molecule has 0 aliphatic rings. The molecule has 0 spiro atoms. The largest absolute Gasteiger partial charge is 3.00 e. The summed E-state index contributed by atoms with van der Waals surface area (Å²) < 4.78 is 0. The molecule has 0 aliphatic carbocycles. The molecule has 0 fully saturated rings. The SMILES string of the molecule is Cc1cccc(C)c1[O-].Cc1cccc(C)c1[O-].Cc1cccc(C)c1[O-].[Al+3]. The van der Waals surface area contributed by atoms with Gasteiger partial charge in [-0.2, -0.15) is 0 Å². The van der Waals surface area contributed by atoms with Gasteiger partial charge in [-0.15, -0.1) is 17.2 Å². The summed E-state index contributed by atoms with van der Waals surface area (Å²) in [6.45, 7) is 11.0. The zero-order valence-corrected chi connectivity index (χ0v) is 18.7. The van der Waals surface area contributed by atoms with Gasteiger partial charge in [0.2, 0.25) is 0 Å². The molecule has 28 heavy (non-hydrogen) atoms. The standard InChI is InChI=1S/3C8H10O.Al/c3*1-6-4-3-5-7(2)8(6)9;/h3*3-5,9H,1-2H3;/q;;;+3/p-3. The number of benzene rings is 3. The van der Waals surface area contributed by atoms with E-state index >= 15 is 0 Å². The number of para-hydroxylation sites is 3. The molecule has 0 saturated heterocycles. The molecular formula is C24H27AlO3. The van der Waals surface area contributed by atoms with Gasteiger partial charge in [-0.05, 0) is 41.5 Å². The summed E-state index contributed by atoms with van der Waals surface area (Å²) in [5.74, 6) is 0.493. The second kappa shape index (κ2) is 12.1. The fourth-order valence-corrected chi connectivity index (χ4v) is 2.40. The topological polar surface area (TPSA) is 69.2 Å². The zero-order chi connectivity index (χ0) is 20.6. The first-order chi connectivity index (χ1) is 12.6. The van der Waals surface area contributed by atoms with E-state index in [1.807, 2.05) is 96.1 Å². The number of rotatable bonds is 0. The summed E-state index contributed by atoms with van der Waals surface area (Å²) in [4.78, 5) is 0. The van der Waals surface area contributed by atoms with Crippen molar-refractivity contribution in [2.24, 2.45) is 0 Å². The fourth-order valence-electron chi connectivity index (χ4n) is 2.40. The van der Waals surface area contributed by atoms with E-state index in [-0.39, 0.29) is 34.6 Å². The van der Waals surface area contributed by atoms with Crippen LogP contribution < -0.4 is 15.3 Å². The Balaban J connectivity index is 0.000000384. The first-order valence-electron chi connectivity index (χ1n) is 8.84. The Morgan fingerprint density at radius 3 is 0.643 bits per heavy atom. The van der Waals surface area contributed by atoms with Crippen LogP contribution in [-0.2, 0) is 0 Å². The van der Waals surface area contributed by atoms with Crippen molar-refractivity contribution in [3.05, 3.63) is 88.0 Å². The third-order valence-corrected chi connectivity index (χ3v) is 4.23. The van der Waals surface area contributed by atoms with Crippen LogP contribution in [0.25, 0.3) is 0 Å². The molecule has 0 unspecified atom stereocenters. The van der Waals surface area contributed by atoms with Gasteiger partial charge in [-0.1, -0.05) is 88.0 Å². The second-order valence-corrected chi connectivity index (χ2v) is 6.66. The maximum atomic E-state index is 11.0. The first kappa shape index (κ1) is 25.6. The van der Waals surface area contributed by atoms with Gasteiger partial charge in [-0.3, -0.25) is 0 Å². The fraction of sp³-hybridized carbons (Fsp3) is 0.250. The van der Waals surface area contributed by atoms with Gasteiger partial charge in [-0.25, -0.2) is 0 Å². The minimum atomic E-state index is 0. The van der Waals surface area contributed by atoms with Gasteiger partial charge in [0.15, 0.2) is 0 Å². The minimum absolute atomic E-state index is 0. The predicted octanol–water partition coefficient (Wildman–Crippen LogP) is 3.75. The Hall–Kier alpha value is -2.41. The molecule has 144 valence electrons. The van der Waals surface area contributed by atoms with Gasteiger partial charge in [0.1, 0.15) is 0 Å². The molecule has 0 amide bonds. The molecule has 3 aromatic rings. The predicted molar refractivity (Wildman–Crippen MR) is 112 cm³/mol. The summed E-state index contributed by atoms with van der Waals surface area (Å²) >= 11 is 0. The van der Waals surface area contributed by atoms with Crippen LogP contribution in [0.15, 0.2) is 54.6 Å². The Kier molecular flexibility index (Phi) is 11.1. The summed E-state index contributed by atoms with van der Waals surface area (Å²) in [6, 6.07) is 16.7. The van der Waals surface area contributed by atoms with Crippen LogP contribution in [0.5, 0.6) is 17.2 Å². The van der Waals surface area contributed by atoms with Crippen molar-refractivity contribution in [2.45, 2.75) is 41.5 Å². The second-order valence-electron chi connectivity index (χ2n) is 6.66. The number of aryl methyl sites for hydroxylation is 6. The van der Waals surface area contributed by atoms with Crippen LogP contribution >= 0.6 is 0 Å². The number of hydrogen-bond acceptors (Lipinski definition) is 3. The van der Waals surface area contributed by atoms with Crippen molar-refractivity contribution in [3.63, 3.8) is 0 Å². The molecule has 0 aliphatic heterocycles. The minimum Gasteiger partial charge on any atom is -0.872 e. The Morgan fingerprint density at radius 2 is 0.536 bits per heavy atom. The molecule has 3 aromatic carbocycles. The van der Waals surface area contributed by atoms with E-state index in [0.29, 0.717) is 0 Å². The van der Waals surface area contributed by atoms with Crippen LogP contribution in [0.4, 0.5) is 0 Å². The third kappa shape index (κ3) is 7.68. The molecule has 4 heteroatoms. The summed E-state index contributed by atoms with van der Waals surface area (Å²) in [7, 11) is 0. The number of hydrogen-bond donors (Lipinski definition) is 0. The van der Waals surface area contributed by atoms with E-state index in [9.17, 15) is 15.3 Å². The maximum Gasteiger partial charge on any atom is 3.00 e. The first-order valence-corrected chi connectivity index (χ1v) is 8.84. The average Bonchev–Trinajstić information content (AvgIpc) is 2.63. The van der Waals surface area contributed by atoms with E-state index in [1.54, 1.807) is 0 Å². The van der Waals surface area contributed by atoms with Crippen LogP contribution in [0, 0.1) is 41.5 Å². The van der Waals surface area contributed by atoms with E-state index < -0.39 is 0 Å². The maximum absolute atomic E-state index is 11.0. The Bertz CT molecular complexity index is 711. The van der Waals surface area contributed by atoms with E-state index in [0.717, 1.165) is 33.4 Å². The summed E-state index contributed by atoms with van der Waals surface area (Å²) in [5.41, 5.74) is 4.97. The van der Waals surface area contributed by atoms with Gasteiger partial charge in [0, 0.05) is 0 Å². The van der Waals surface area contributed by atoms with Gasteiger partial charge in [0.05, 0.1) is 0 Å². The molecule has 3 rings (SSSR count). The van der Waals surface area contributed by atoms with E-state index in [4.69, 9.17) is 0 Å². The van der Waals surface area contributed by atoms with E-state index in [1.165, 1.54) is 0 Å². The molecule has 0 atom stereocenters. The smallest absolute Gasteiger partial charge is 0.872 e. The van der Waals surface area contributed by atoms with Crippen LogP contribution in [-0.4, -0.2) is 17.4 Å². The molecular weight excluding hydrogens is 363 g/mol. The van der Waals surface area contributed by atoms with Crippen molar-refractivity contribution in [1.29, 1.82) is 0 Å². The average molecular weight is 390 g/mol. The van der Waals surface area contributed by atoms with Crippen molar-refractivity contribution >= 4 is 17.4 Å². The molecule has 0 aromatic heterocycles. The van der Waals surface area contributed by atoms with Crippen LogP contribution in [0.1, 0.15) is 33.4 Å². The normalized spacial score (nSPS) is 9.21.